The van der Waals surface area contributed by atoms with Crippen LogP contribution in [0.2, 0.25) is 0 Å². The lowest BCUT2D eigenvalue weighted by Crippen LogP contribution is -2.37. The summed E-state index contributed by atoms with van der Waals surface area (Å²) in [5, 5.41) is 2.71. The van der Waals surface area contributed by atoms with E-state index in [2.05, 4.69) is 10.3 Å². The second-order valence-electron chi connectivity index (χ2n) is 4.29. The fourth-order valence-electron chi connectivity index (χ4n) is 1.87. The molecule has 0 spiro atoms. The Labute approximate surface area is 104 Å². The molecule has 0 saturated carbocycles. The Balaban J connectivity index is 2.13. The van der Waals surface area contributed by atoms with Crippen molar-refractivity contribution in [3.8, 4) is 0 Å². The monoisotopic (exact) mass is 249 g/mol. The molecule has 0 bridgehead atoms. The standard InChI is InChI=1S/C12H15N3O3/c1-8(16)9-5-10(14-6-9)12(18)15-4-2-3-13-11(17)7-15/h5-6,14H,2-4,7H2,1H3,(H,13,17). The highest BCUT2D eigenvalue weighted by atomic mass is 16.2. The average Bonchev–Trinajstić information content (AvgIpc) is 2.72. The van der Waals surface area contributed by atoms with Crippen molar-refractivity contribution in [2.45, 2.75) is 13.3 Å². The zero-order chi connectivity index (χ0) is 13.1. The van der Waals surface area contributed by atoms with Crippen LogP contribution in [0.1, 0.15) is 34.2 Å². The van der Waals surface area contributed by atoms with E-state index in [1.807, 2.05) is 0 Å². The van der Waals surface area contributed by atoms with Gasteiger partial charge in [0.2, 0.25) is 5.91 Å². The highest BCUT2D eigenvalue weighted by molar-refractivity contribution is 6.00. The van der Waals surface area contributed by atoms with Crippen molar-refractivity contribution in [1.29, 1.82) is 0 Å². The first kappa shape index (κ1) is 12.3. The third-order valence-corrected chi connectivity index (χ3v) is 2.87. The van der Waals surface area contributed by atoms with Gasteiger partial charge in [-0.3, -0.25) is 14.4 Å². The summed E-state index contributed by atoms with van der Waals surface area (Å²) in [5.74, 6) is -0.502. The Bertz CT molecular complexity index is 493. The molecule has 0 atom stereocenters. The molecule has 1 aliphatic rings. The molecule has 0 radical (unpaired) electrons. The van der Waals surface area contributed by atoms with Crippen LogP contribution >= 0.6 is 0 Å². The lowest BCUT2D eigenvalue weighted by Gasteiger charge is -2.17. The number of carbonyl (C=O) groups excluding carboxylic acids is 3. The minimum absolute atomic E-state index is 0.0628. The molecule has 96 valence electrons. The molecule has 6 heteroatoms. The van der Waals surface area contributed by atoms with Gasteiger partial charge in [-0.05, 0) is 19.4 Å². The van der Waals surface area contributed by atoms with E-state index in [0.29, 0.717) is 24.3 Å². The van der Waals surface area contributed by atoms with Gasteiger partial charge in [0.15, 0.2) is 5.78 Å². The van der Waals surface area contributed by atoms with Crippen LogP contribution in [-0.2, 0) is 4.79 Å². The number of aromatic nitrogens is 1. The topological polar surface area (TPSA) is 82.3 Å². The first-order chi connectivity index (χ1) is 8.58. The van der Waals surface area contributed by atoms with E-state index < -0.39 is 0 Å². The largest absolute Gasteiger partial charge is 0.356 e. The molecule has 2 N–H and O–H groups in total. The molecule has 1 saturated heterocycles. The number of nitrogens with one attached hydrogen (secondary N) is 2. The molecule has 1 aliphatic heterocycles. The van der Waals surface area contributed by atoms with Gasteiger partial charge in [0.05, 0.1) is 6.54 Å². The number of ketones is 1. The summed E-state index contributed by atoms with van der Waals surface area (Å²) in [7, 11) is 0. The molecular formula is C12H15N3O3. The predicted octanol–water partition coefficient (Wildman–Crippen LogP) is 0.179. The highest BCUT2D eigenvalue weighted by Crippen LogP contribution is 2.09. The van der Waals surface area contributed by atoms with Crippen molar-refractivity contribution in [2.24, 2.45) is 0 Å². The van der Waals surface area contributed by atoms with E-state index in [9.17, 15) is 14.4 Å². The Kier molecular flexibility index (Phi) is 3.45. The molecule has 1 aromatic heterocycles. The maximum atomic E-state index is 12.1. The van der Waals surface area contributed by atoms with E-state index >= 15 is 0 Å². The van der Waals surface area contributed by atoms with Gasteiger partial charge in [-0.1, -0.05) is 0 Å². The second-order valence-corrected chi connectivity index (χ2v) is 4.29. The summed E-state index contributed by atoms with van der Waals surface area (Å²) in [6, 6.07) is 1.52. The van der Waals surface area contributed by atoms with Crippen LogP contribution < -0.4 is 5.32 Å². The van der Waals surface area contributed by atoms with Gasteiger partial charge in [0.25, 0.3) is 5.91 Å². The summed E-state index contributed by atoms with van der Waals surface area (Å²) in [6.07, 6.45) is 2.24. The molecule has 0 aliphatic carbocycles. The van der Waals surface area contributed by atoms with Crippen LogP contribution in [0.3, 0.4) is 0 Å². The van der Waals surface area contributed by atoms with Crippen LogP contribution in [0.15, 0.2) is 12.3 Å². The lowest BCUT2D eigenvalue weighted by molar-refractivity contribution is -0.121. The second kappa shape index (κ2) is 5.03. The van der Waals surface area contributed by atoms with Gasteiger partial charge < -0.3 is 15.2 Å². The van der Waals surface area contributed by atoms with Crippen molar-refractivity contribution in [1.82, 2.24) is 15.2 Å². The summed E-state index contributed by atoms with van der Waals surface area (Å²) < 4.78 is 0. The van der Waals surface area contributed by atoms with Gasteiger partial charge in [-0.15, -0.1) is 0 Å². The highest BCUT2D eigenvalue weighted by Gasteiger charge is 2.22. The smallest absolute Gasteiger partial charge is 0.270 e. The van der Waals surface area contributed by atoms with Gasteiger partial charge in [-0.25, -0.2) is 0 Å². The quantitative estimate of drug-likeness (QED) is 0.733. The van der Waals surface area contributed by atoms with Crippen molar-refractivity contribution in [2.75, 3.05) is 19.6 Å². The van der Waals surface area contributed by atoms with Crippen molar-refractivity contribution < 1.29 is 14.4 Å². The third kappa shape index (κ3) is 2.58. The molecule has 0 aromatic carbocycles. The number of H-pyrrole nitrogens is 1. The van der Waals surface area contributed by atoms with Crippen LogP contribution in [0.25, 0.3) is 0 Å². The normalized spacial score (nSPS) is 16.1. The van der Waals surface area contributed by atoms with E-state index in [-0.39, 0.29) is 24.1 Å². The zero-order valence-corrected chi connectivity index (χ0v) is 10.2. The van der Waals surface area contributed by atoms with Crippen molar-refractivity contribution in [3.63, 3.8) is 0 Å². The molecular weight excluding hydrogens is 234 g/mol. The van der Waals surface area contributed by atoms with Gasteiger partial charge in [0.1, 0.15) is 5.69 Å². The summed E-state index contributed by atoms with van der Waals surface area (Å²) in [4.78, 5) is 38.9. The van der Waals surface area contributed by atoms with Gasteiger partial charge in [-0.2, -0.15) is 0 Å². The Morgan fingerprint density at radius 1 is 1.39 bits per heavy atom. The fraction of sp³-hybridized carbons (Fsp3) is 0.417. The predicted molar refractivity (Wildman–Crippen MR) is 64.3 cm³/mol. The zero-order valence-electron chi connectivity index (χ0n) is 10.2. The number of hydrogen-bond acceptors (Lipinski definition) is 3. The number of amides is 2. The van der Waals surface area contributed by atoms with Crippen molar-refractivity contribution in [3.05, 3.63) is 23.5 Å². The molecule has 2 heterocycles. The maximum Gasteiger partial charge on any atom is 0.270 e. The van der Waals surface area contributed by atoms with Gasteiger partial charge >= 0.3 is 0 Å². The summed E-state index contributed by atoms with van der Waals surface area (Å²) in [5.41, 5.74) is 0.813. The Hall–Kier alpha value is -2.11. The van der Waals surface area contributed by atoms with E-state index in [4.69, 9.17) is 0 Å². The molecule has 1 fully saturated rings. The van der Waals surface area contributed by atoms with Crippen LogP contribution in [0.5, 0.6) is 0 Å². The molecule has 6 nitrogen and oxygen atoms in total. The van der Waals surface area contributed by atoms with Crippen LogP contribution in [-0.4, -0.2) is 47.1 Å². The molecule has 0 unspecified atom stereocenters. The number of hydrogen-bond donors (Lipinski definition) is 2. The average molecular weight is 249 g/mol. The third-order valence-electron chi connectivity index (χ3n) is 2.87. The van der Waals surface area contributed by atoms with E-state index in [1.54, 1.807) is 0 Å². The number of nitrogens with zero attached hydrogens (tertiary/aromatic N) is 1. The number of rotatable bonds is 2. The molecule has 18 heavy (non-hydrogen) atoms. The lowest BCUT2D eigenvalue weighted by atomic mass is 10.2. The molecule has 2 rings (SSSR count). The molecule has 2 amide bonds. The summed E-state index contributed by atoms with van der Waals surface area (Å²) in [6.45, 7) is 2.63. The van der Waals surface area contributed by atoms with Crippen molar-refractivity contribution >= 4 is 17.6 Å². The summed E-state index contributed by atoms with van der Waals surface area (Å²) >= 11 is 0. The minimum Gasteiger partial charge on any atom is -0.356 e. The Morgan fingerprint density at radius 2 is 2.17 bits per heavy atom. The number of carbonyl (C=O) groups is 3. The fourth-order valence-corrected chi connectivity index (χ4v) is 1.87. The minimum atomic E-state index is -0.250. The molecule has 1 aromatic rings. The SMILES string of the molecule is CC(=O)c1c[nH]c(C(=O)N2CCCNC(=O)C2)c1. The number of Topliss-reactive ketones (excluding diaryl/α,β-unsaturated/α-hetero) is 1. The van der Waals surface area contributed by atoms with Gasteiger partial charge in [0, 0.05) is 24.8 Å². The van der Waals surface area contributed by atoms with Crippen LogP contribution in [0.4, 0.5) is 0 Å². The first-order valence-corrected chi connectivity index (χ1v) is 5.83. The van der Waals surface area contributed by atoms with E-state index in [0.717, 1.165) is 6.42 Å². The number of aromatic amines is 1. The van der Waals surface area contributed by atoms with Crippen LogP contribution in [0, 0.1) is 0 Å². The van der Waals surface area contributed by atoms with E-state index in [1.165, 1.54) is 24.1 Å². The first-order valence-electron chi connectivity index (χ1n) is 5.83. The maximum absolute atomic E-state index is 12.1. The Morgan fingerprint density at radius 3 is 2.83 bits per heavy atom.